The van der Waals surface area contributed by atoms with E-state index in [0.717, 1.165) is 5.56 Å². The Morgan fingerprint density at radius 2 is 1.94 bits per heavy atom. The van der Waals surface area contributed by atoms with Crippen LogP contribution in [0, 0.1) is 6.92 Å². The van der Waals surface area contributed by atoms with E-state index in [1.165, 1.54) is 0 Å². The molecule has 0 aliphatic carbocycles. The number of aryl methyl sites for hydroxylation is 1. The standard InChI is InChI=1S/C12H16BrNO2/c1-7-5-9(13)8(6-10(7)14)11(15)16-12(2,3)4/h5-6H,14H2,1-4H3. The molecule has 0 heterocycles. The third-order valence-electron chi connectivity index (χ3n) is 1.97. The fourth-order valence-corrected chi connectivity index (χ4v) is 1.80. The van der Waals surface area contributed by atoms with Crippen molar-refractivity contribution in [3.8, 4) is 0 Å². The first-order valence-corrected chi connectivity index (χ1v) is 5.79. The monoisotopic (exact) mass is 285 g/mol. The maximum absolute atomic E-state index is 11.8. The molecular weight excluding hydrogens is 270 g/mol. The number of anilines is 1. The van der Waals surface area contributed by atoms with E-state index in [4.69, 9.17) is 10.5 Å². The molecule has 0 radical (unpaired) electrons. The van der Waals surface area contributed by atoms with Gasteiger partial charge in [0.25, 0.3) is 0 Å². The van der Waals surface area contributed by atoms with Gasteiger partial charge in [-0.1, -0.05) is 0 Å². The highest BCUT2D eigenvalue weighted by Gasteiger charge is 2.20. The summed E-state index contributed by atoms with van der Waals surface area (Å²) in [7, 11) is 0. The number of rotatable bonds is 1. The van der Waals surface area contributed by atoms with Crippen molar-refractivity contribution in [3.63, 3.8) is 0 Å². The number of benzene rings is 1. The average Bonchev–Trinajstić information content (AvgIpc) is 2.08. The van der Waals surface area contributed by atoms with Crippen LogP contribution in [0.15, 0.2) is 16.6 Å². The molecule has 0 saturated heterocycles. The van der Waals surface area contributed by atoms with E-state index < -0.39 is 5.60 Å². The molecular formula is C12H16BrNO2. The van der Waals surface area contributed by atoms with Crippen molar-refractivity contribution in [1.29, 1.82) is 0 Å². The lowest BCUT2D eigenvalue weighted by molar-refractivity contribution is 0.00685. The minimum Gasteiger partial charge on any atom is -0.456 e. The van der Waals surface area contributed by atoms with Crippen molar-refractivity contribution in [2.45, 2.75) is 33.3 Å². The summed E-state index contributed by atoms with van der Waals surface area (Å²) < 4.78 is 5.98. The SMILES string of the molecule is Cc1cc(Br)c(C(=O)OC(C)(C)C)cc1N. The predicted octanol–water partition coefficient (Wildman–Crippen LogP) is 3.30. The highest BCUT2D eigenvalue weighted by molar-refractivity contribution is 9.10. The number of nitrogen functional groups attached to an aromatic ring is 1. The normalized spacial score (nSPS) is 11.3. The van der Waals surface area contributed by atoms with Crippen LogP contribution in [0.1, 0.15) is 36.7 Å². The number of hydrogen-bond donors (Lipinski definition) is 1. The molecule has 0 bridgehead atoms. The molecule has 1 aromatic carbocycles. The van der Waals surface area contributed by atoms with Crippen molar-refractivity contribution in [2.75, 3.05) is 5.73 Å². The Balaban J connectivity index is 3.05. The Labute approximate surface area is 104 Å². The second kappa shape index (κ2) is 4.45. The number of ether oxygens (including phenoxy) is 1. The highest BCUT2D eigenvalue weighted by atomic mass is 79.9. The maximum atomic E-state index is 11.8. The summed E-state index contributed by atoms with van der Waals surface area (Å²) in [5.74, 6) is -0.369. The Morgan fingerprint density at radius 1 is 1.38 bits per heavy atom. The van der Waals surface area contributed by atoms with Crippen molar-refractivity contribution >= 4 is 27.6 Å². The Hall–Kier alpha value is -1.03. The van der Waals surface area contributed by atoms with Crippen molar-refractivity contribution in [2.24, 2.45) is 0 Å². The zero-order valence-electron chi connectivity index (χ0n) is 9.93. The van der Waals surface area contributed by atoms with Crippen LogP contribution in [0.3, 0.4) is 0 Å². The first-order valence-electron chi connectivity index (χ1n) is 4.99. The minimum atomic E-state index is -0.504. The van der Waals surface area contributed by atoms with E-state index in [2.05, 4.69) is 15.9 Å². The van der Waals surface area contributed by atoms with Gasteiger partial charge in [-0.15, -0.1) is 0 Å². The van der Waals surface area contributed by atoms with Gasteiger partial charge in [-0.05, 0) is 61.3 Å². The molecule has 0 unspecified atom stereocenters. The van der Waals surface area contributed by atoms with E-state index in [1.54, 1.807) is 6.07 Å². The largest absolute Gasteiger partial charge is 0.456 e. The van der Waals surface area contributed by atoms with Crippen LogP contribution in [-0.4, -0.2) is 11.6 Å². The molecule has 0 saturated carbocycles. The zero-order valence-corrected chi connectivity index (χ0v) is 11.5. The van der Waals surface area contributed by atoms with Gasteiger partial charge in [-0.25, -0.2) is 4.79 Å². The average molecular weight is 286 g/mol. The number of hydrogen-bond acceptors (Lipinski definition) is 3. The van der Waals surface area contributed by atoms with Gasteiger partial charge in [-0.3, -0.25) is 0 Å². The second-order valence-electron chi connectivity index (χ2n) is 4.69. The van der Waals surface area contributed by atoms with Crippen LogP contribution in [0.2, 0.25) is 0 Å². The summed E-state index contributed by atoms with van der Waals surface area (Å²) in [5, 5.41) is 0. The van der Waals surface area contributed by atoms with E-state index in [-0.39, 0.29) is 5.97 Å². The summed E-state index contributed by atoms with van der Waals surface area (Å²) in [6.07, 6.45) is 0. The van der Waals surface area contributed by atoms with Crippen LogP contribution in [0.5, 0.6) is 0 Å². The minimum absolute atomic E-state index is 0.369. The zero-order chi connectivity index (χ0) is 12.5. The van der Waals surface area contributed by atoms with Gasteiger partial charge in [0, 0.05) is 10.2 Å². The molecule has 0 atom stereocenters. The smallest absolute Gasteiger partial charge is 0.339 e. The van der Waals surface area contributed by atoms with E-state index in [1.807, 2.05) is 33.8 Å². The lowest BCUT2D eigenvalue weighted by Gasteiger charge is -2.20. The molecule has 1 aromatic rings. The number of carbonyl (C=O) groups excluding carboxylic acids is 1. The molecule has 0 spiro atoms. The maximum Gasteiger partial charge on any atom is 0.339 e. The van der Waals surface area contributed by atoms with Gasteiger partial charge in [-0.2, -0.15) is 0 Å². The molecule has 16 heavy (non-hydrogen) atoms. The molecule has 0 aromatic heterocycles. The van der Waals surface area contributed by atoms with Gasteiger partial charge in [0.05, 0.1) is 5.56 Å². The lowest BCUT2D eigenvalue weighted by atomic mass is 10.1. The van der Waals surface area contributed by atoms with E-state index >= 15 is 0 Å². The van der Waals surface area contributed by atoms with E-state index in [9.17, 15) is 4.79 Å². The van der Waals surface area contributed by atoms with Crippen LogP contribution < -0.4 is 5.73 Å². The van der Waals surface area contributed by atoms with Gasteiger partial charge in [0.15, 0.2) is 0 Å². The summed E-state index contributed by atoms with van der Waals surface area (Å²) in [5.41, 5.74) is 7.23. The predicted molar refractivity (Wildman–Crippen MR) is 68.5 cm³/mol. The summed E-state index contributed by atoms with van der Waals surface area (Å²) >= 11 is 3.33. The molecule has 88 valence electrons. The van der Waals surface area contributed by atoms with E-state index in [0.29, 0.717) is 15.7 Å². The van der Waals surface area contributed by atoms with Crippen molar-refractivity contribution in [3.05, 3.63) is 27.7 Å². The van der Waals surface area contributed by atoms with Crippen LogP contribution in [0.4, 0.5) is 5.69 Å². The molecule has 0 aliphatic heterocycles. The first kappa shape index (κ1) is 13.0. The molecule has 3 nitrogen and oxygen atoms in total. The topological polar surface area (TPSA) is 52.3 Å². The molecule has 0 aliphatic rings. The quantitative estimate of drug-likeness (QED) is 0.636. The van der Waals surface area contributed by atoms with Gasteiger partial charge in [0.2, 0.25) is 0 Å². The first-order chi connectivity index (χ1) is 7.20. The number of nitrogens with two attached hydrogens (primary N) is 1. The molecule has 0 fully saturated rings. The third kappa shape index (κ3) is 3.23. The fourth-order valence-electron chi connectivity index (χ4n) is 1.18. The summed E-state index contributed by atoms with van der Waals surface area (Å²) in [6.45, 7) is 7.38. The van der Waals surface area contributed by atoms with Crippen LogP contribution in [-0.2, 0) is 4.74 Å². The molecule has 4 heteroatoms. The highest BCUT2D eigenvalue weighted by Crippen LogP contribution is 2.25. The lowest BCUT2D eigenvalue weighted by Crippen LogP contribution is -2.24. The number of carbonyl (C=O) groups is 1. The summed E-state index contributed by atoms with van der Waals surface area (Å²) in [6, 6.07) is 3.45. The van der Waals surface area contributed by atoms with Crippen molar-refractivity contribution < 1.29 is 9.53 Å². The Kier molecular flexibility index (Phi) is 3.63. The summed E-state index contributed by atoms with van der Waals surface area (Å²) in [4.78, 5) is 11.8. The molecule has 0 amide bonds. The fraction of sp³-hybridized carbons (Fsp3) is 0.417. The molecule has 2 N–H and O–H groups in total. The third-order valence-corrected chi connectivity index (χ3v) is 2.63. The van der Waals surface area contributed by atoms with Crippen LogP contribution >= 0.6 is 15.9 Å². The van der Waals surface area contributed by atoms with Gasteiger partial charge < -0.3 is 10.5 Å². The van der Waals surface area contributed by atoms with Gasteiger partial charge >= 0.3 is 5.97 Å². The number of halogens is 1. The van der Waals surface area contributed by atoms with Gasteiger partial charge in [0.1, 0.15) is 5.60 Å². The van der Waals surface area contributed by atoms with Crippen LogP contribution in [0.25, 0.3) is 0 Å². The Morgan fingerprint density at radius 3 is 2.44 bits per heavy atom. The second-order valence-corrected chi connectivity index (χ2v) is 5.54. The Bertz CT molecular complexity index is 422. The van der Waals surface area contributed by atoms with Crippen molar-refractivity contribution in [1.82, 2.24) is 0 Å². The molecule has 1 rings (SSSR count). The number of esters is 1.